The van der Waals surface area contributed by atoms with Gasteiger partial charge in [0.25, 0.3) is 5.91 Å². The highest BCUT2D eigenvalue weighted by Gasteiger charge is 2.25. The van der Waals surface area contributed by atoms with Crippen LogP contribution < -0.4 is 9.80 Å². The molecule has 2 fully saturated rings. The van der Waals surface area contributed by atoms with Crippen molar-refractivity contribution in [2.45, 2.75) is 0 Å². The highest BCUT2D eigenvalue weighted by Crippen LogP contribution is 2.21. The summed E-state index contributed by atoms with van der Waals surface area (Å²) in [5.41, 5.74) is 0.530. The Morgan fingerprint density at radius 2 is 1.39 bits per heavy atom. The molecule has 160 valence electrons. The summed E-state index contributed by atoms with van der Waals surface area (Å²) in [7, 11) is 2.15. The molecular formula is C23H27N7O. The van der Waals surface area contributed by atoms with E-state index in [1.165, 1.54) is 0 Å². The molecule has 8 heteroatoms. The number of hydrogen-bond acceptors (Lipinski definition) is 7. The summed E-state index contributed by atoms with van der Waals surface area (Å²) < 4.78 is 0. The predicted octanol–water partition coefficient (Wildman–Crippen LogP) is 1.74. The molecule has 1 amide bonds. The molecule has 2 aliphatic heterocycles. The fourth-order valence-electron chi connectivity index (χ4n) is 4.27. The number of pyridine rings is 1. The fourth-order valence-corrected chi connectivity index (χ4v) is 4.27. The molecule has 0 N–H and O–H groups in total. The van der Waals surface area contributed by atoms with E-state index in [9.17, 15) is 4.79 Å². The van der Waals surface area contributed by atoms with Gasteiger partial charge in [0.05, 0.1) is 0 Å². The molecule has 31 heavy (non-hydrogen) atoms. The minimum atomic E-state index is -0.00653. The van der Waals surface area contributed by atoms with Gasteiger partial charge in [0.15, 0.2) is 11.6 Å². The van der Waals surface area contributed by atoms with Crippen LogP contribution in [0.5, 0.6) is 0 Å². The lowest BCUT2D eigenvalue weighted by molar-refractivity contribution is 0.0743. The Morgan fingerprint density at radius 1 is 0.774 bits per heavy atom. The van der Waals surface area contributed by atoms with Gasteiger partial charge in [-0.05, 0) is 30.6 Å². The van der Waals surface area contributed by atoms with E-state index in [1.54, 1.807) is 6.20 Å². The van der Waals surface area contributed by atoms with Crippen molar-refractivity contribution in [2.75, 3.05) is 69.2 Å². The van der Waals surface area contributed by atoms with Crippen LogP contribution in [0.4, 0.5) is 11.6 Å². The first-order valence-corrected chi connectivity index (χ1v) is 10.8. The highest BCUT2D eigenvalue weighted by molar-refractivity contribution is 6.05. The standard InChI is InChI=1S/C23H27N7O/c1-27-10-12-28(13-11-27)20-6-7-21(26-25-20)29-14-16-30(17-15-29)23(31)22-19-5-3-2-4-18(19)8-9-24-22/h2-9H,10-17H2,1H3. The van der Waals surface area contributed by atoms with Crippen LogP contribution in [0.25, 0.3) is 10.8 Å². The quantitative estimate of drug-likeness (QED) is 0.643. The zero-order chi connectivity index (χ0) is 21.2. The summed E-state index contributed by atoms with van der Waals surface area (Å²) in [6.07, 6.45) is 1.71. The molecule has 0 aliphatic carbocycles. The SMILES string of the molecule is CN1CCN(c2ccc(N3CCN(C(=O)c4nccc5ccccc45)CC3)nn2)CC1. The first-order chi connectivity index (χ1) is 15.2. The highest BCUT2D eigenvalue weighted by atomic mass is 16.2. The van der Waals surface area contributed by atoms with E-state index in [1.807, 2.05) is 41.3 Å². The normalized spacial score (nSPS) is 17.9. The Bertz CT molecular complexity index is 1050. The number of nitrogens with zero attached hydrogens (tertiary/aromatic N) is 7. The number of aromatic nitrogens is 3. The molecule has 1 aromatic carbocycles. The number of likely N-dealkylation sites (N-methyl/N-ethyl adjacent to an activating group) is 1. The van der Waals surface area contributed by atoms with Crippen LogP contribution in [-0.4, -0.2) is 90.3 Å². The van der Waals surface area contributed by atoms with E-state index in [0.29, 0.717) is 18.8 Å². The van der Waals surface area contributed by atoms with Gasteiger partial charge in [-0.15, -0.1) is 10.2 Å². The Labute approximate surface area is 182 Å². The van der Waals surface area contributed by atoms with E-state index in [2.05, 4.69) is 43.0 Å². The average molecular weight is 418 g/mol. The van der Waals surface area contributed by atoms with Gasteiger partial charge in [0.1, 0.15) is 5.69 Å². The van der Waals surface area contributed by atoms with Crippen molar-refractivity contribution in [3.63, 3.8) is 0 Å². The van der Waals surface area contributed by atoms with Crippen LogP contribution in [0.3, 0.4) is 0 Å². The fraction of sp³-hybridized carbons (Fsp3) is 0.391. The molecule has 4 heterocycles. The van der Waals surface area contributed by atoms with Crippen LogP contribution in [0.15, 0.2) is 48.7 Å². The monoisotopic (exact) mass is 417 g/mol. The van der Waals surface area contributed by atoms with Crippen LogP contribution in [0, 0.1) is 0 Å². The molecule has 5 rings (SSSR count). The van der Waals surface area contributed by atoms with Gasteiger partial charge in [-0.3, -0.25) is 9.78 Å². The third-order valence-electron chi connectivity index (χ3n) is 6.23. The molecule has 0 saturated carbocycles. The first-order valence-electron chi connectivity index (χ1n) is 10.8. The molecule has 8 nitrogen and oxygen atoms in total. The van der Waals surface area contributed by atoms with Gasteiger partial charge in [-0.1, -0.05) is 24.3 Å². The van der Waals surface area contributed by atoms with Crippen molar-refractivity contribution < 1.29 is 4.79 Å². The van der Waals surface area contributed by atoms with Crippen LogP contribution >= 0.6 is 0 Å². The molecule has 0 atom stereocenters. The number of hydrogen-bond donors (Lipinski definition) is 0. The molecule has 0 unspecified atom stereocenters. The van der Waals surface area contributed by atoms with Gasteiger partial charge >= 0.3 is 0 Å². The Balaban J connectivity index is 1.22. The van der Waals surface area contributed by atoms with E-state index in [0.717, 1.165) is 61.7 Å². The number of anilines is 2. The number of rotatable bonds is 3. The zero-order valence-corrected chi connectivity index (χ0v) is 17.8. The number of amides is 1. The maximum atomic E-state index is 13.1. The van der Waals surface area contributed by atoms with Gasteiger partial charge in [0, 0.05) is 63.9 Å². The number of fused-ring (bicyclic) bond motifs is 1. The lowest BCUT2D eigenvalue weighted by Crippen LogP contribution is -2.49. The summed E-state index contributed by atoms with van der Waals surface area (Å²) >= 11 is 0. The summed E-state index contributed by atoms with van der Waals surface area (Å²) in [6, 6.07) is 13.9. The maximum absolute atomic E-state index is 13.1. The molecule has 3 aromatic rings. The number of carbonyl (C=O) groups excluding carboxylic acids is 1. The van der Waals surface area contributed by atoms with E-state index in [4.69, 9.17) is 0 Å². The summed E-state index contributed by atoms with van der Waals surface area (Å²) in [4.78, 5) is 26.2. The minimum absolute atomic E-state index is 0.00653. The molecule has 2 saturated heterocycles. The van der Waals surface area contributed by atoms with Gasteiger partial charge in [0.2, 0.25) is 0 Å². The number of benzene rings is 1. The molecular weight excluding hydrogens is 390 g/mol. The topological polar surface area (TPSA) is 68.7 Å². The predicted molar refractivity (Wildman–Crippen MR) is 122 cm³/mol. The third-order valence-corrected chi connectivity index (χ3v) is 6.23. The van der Waals surface area contributed by atoms with E-state index in [-0.39, 0.29) is 5.91 Å². The Kier molecular flexibility index (Phi) is 5.38. The van der Waals surface area contributed by atoms with Gasteiger partial charge in [-0.25, -0.2) is 0 Å². The summed E-state index contributed by atoms with van der Waals surface area (Å²) in [6.45, 7) is 6.81. The Morgan fingerprint density at radius 3 is 2.03 bits per heavy atom. The molecule has 0 spiro atoms. The molecule has 0 radical (unpaired) electrons. The second-order valence-corrected chi connectivity index (χ2v) is 8.20. The molecule has 0 bridgehead atoms. The first kappa shape index (κ1) is 19.7. The smallest absolute Gasteiger partial charge is 0.273 e. The van der Waals surface area contributed by atoms with Crippen molar-refractivity contribution in [3.05, 3.63) is 54.4 Å². The van der Waals surface area contributed by atoms with E-state index >= 15 is 0 Å². The number of carbonyl (C=O) groups is 1. The van der Waals surface area contributed by atoms with Gasteiger partial charge < -0.3 is 19.6 Å². The van der Waals surface area contributed by atoms with Gasteiger partial charge in [-0.2, -0.15) is 0 Å². The second kappa shape index (κ2) is 8.47. The minimum Gasteiger partial charge on any atom is -0.353 e. The molecule has 2 aliphatic rings. The van der Waals surface area contributed by atoms with Crippen molar-refractivity contribution in [1.82, 2.24) is 25.0 Å². The van der Waals surface area contributed by atoms with Crippen LogP contribution in [-0.2, 0) is 0 Å². The summed E-state index contributed by atoms with van der Waals surface area (Å²) in [5, 5.41) is 10.9. The zero-order valence-electron chi connectivity index (χ0n) is 17.8. The van der Waals surface area contributed by atoms with Crippen molar-refractivity contribution in [3.8, 4) is 0 Å². The molecule has 2 aromatic heterocycles. The van der Waals surface area contributed by atoms with Crippen LogP contribution in [0.2, 0.25) is 0 Å². The van der Waals surface area contributed by atoms with E-state index < -0.39 is 0 Å². The van der Waals surface area contributed by atoms with Crippen molar-refractivity contribution >= 4 is 28.3 Å². The average Bonchev–Trinajstić information content (AvgIpc) is 2.84. The lowest BCUT2D eigenvalue weighted by atomic mass is 10.1. The second-order valence-electron chi connectivity index (χ2n) is 8.20. The largest absolute Gasteiger partial charge is 0.353 e. The van der Waals surface area contributed by atoms with Crippen molar-refractivity contribution in [1.29, 1.82) is 0 Å². The van der Waals surface area contributed by atoms with Crippen molar-refractivity contribution in [2.24, 2.45) is 0 Å². The lowest BCUT2D eigenvalue weighted by Gasteiger charge is -2.35. The number of piperazine rings is 2. The van der Waals surface area contributed by atoms with Crippen LogP contribution in [0.1, 0.15) is 10.5 Å². The summed E-state index contributed by atoms with van der Waals surface area (Å²) in [5.74, 6) is 1.80. The Hall–Kier alpha value is -3.26. The third kappa shape index (κ3) is 4.03. The maximum Gasteiger partial charge on any atom is 0.273 e.